The zero-order chi connectivity index (χ0) is 25.8. The second kappa shape index (κ2) is 15.1. The summed E-state index contributed by atoms with van der Waals surface area (Å²) in [4.78, 5) is 12.6. The van der Waals surface area contributed by atoms with Crippen LogP contribution >= 0.6 is 0 Å². The lowest BCUT2D eigenvalue weighted by Gasteiger charge is -2.29. The van der Waals surface area contributed by atoms with Gasteiger partial charge in [0.1, 0.15) is 0 Å². The molecule has 36 heavy (non-hydrogen) atoms. The van der Waals surface area contributed by atoms with Gasteiger partial charge < -0.3 is 4.74 Å². The molecule has 0 spiro atoms. The minimum atomic E-state index is -1.09. The zero-order valence-electron chi connectivity index (χ0n) is 22.3. The molecule has 0 N–H and O–H groups in total. The third-order valence-electron chi connectivity index (χ3n) is 7.81. The number of unbranched alkanes of at least 4 members (excludes halogenated alkanes) is 7. The normalized spacial score (nSPS) is 17.8. The minimum absolute atomic E-state index is 0.326. The Morgan fingerprint density at radius 1 is 0.778 bits per heavy atom. The van der Waals surface area contributed by atoms with E-state index in [0.717, 1.165) is 25.2 Å². The van der Waals surface area contributed by atoms with E-state index in [4.69, 9.17) is 4.74 Å². The van der Waals surface area contributed by atoms with Crippen LogP contribution < -0.4 is 4.74 Å². The molecule has 2 aromatic carbocycles. The molecule has 1 saturated carbocycles. The number of benzene rings is 2. The summed E-state index contributed by atoms with van der Waals surface area (Å²) in [6.07, 6.45) is 17.7. The van der Waals surface area contributed by atoms with Gasteiger partial charge in [-0.05, 0) is 79.7 Å². The standard InChI is InChI=1S/C32H44F2O2/c1-3-5-7-8-9-11-12-24-14-16-25(17-15-24)26-18-20-28(21-19-26)32(35)36-29-23-22-27(13-10-6-4-2)30(33)31(29)34/h18-25H,3-17H2,1-2H3. The summed E-state index contributed by atoms with van der Waals surface area (Å²) in [6, 6.07) is 10.3. The van der Waals surface area contributed by atoms with Crippen molar-refractivity contribution in [2.75, 3.05) is 0 Å². The first kappa shape index (κ1) is 28.3. The Kier molecular flexibility index (Phi) is 11.9. The molecule has 198 valence electrons. The summed E-state index contributed by atoms with van der Waals surface area (Å²) in [6.45, 7) is 4.32. The third kappa shape index (κ3) is 8.42. The molecule has 3 rings (SSSR count). The molecular formula is C32H44F2O2. The van der Waals surface area contributed by atoms with Gasteiger partial charge in [-0.25, -0.2) is 9.18 Å². The molecule has 1 fully saturated rings. The number of carbonyl (C=O) groups is 1. The fraction of sp³-hybridized carbons (Fsp3) is 0.594. The van der Waals surface area contributed by atoms with E-state index in [-0.39, 0.29) is 5.75 Å². The second-order valence-corrected chi connectivity index (χ2v) is 10.6. The Bertz CT molecular complexity index is 930. The quantitative estimate of drug-likeness (QED) is 0.147. The Morgan fingerprint density at radius 2 is 1.42 bits per heavy atom. The van der Waals surface area contributed by atoms with Gasteiger partial charge in [-0.1, -0.05) is 89.8 Å². The average molecular weight is 499 g/mol. The molecule has 0 heterocycles. The predicted octanol–water partition coefficient (Wildman–Crippen LogP) is 9.94. The molecular weight excluding hydrogens is 454 g/mol. The summed E-state index contributed by atoms with van der Waals surface area (Å²) in [5.41, 5.74) is 1.92. The molecule has 4 heteroatoms. The number of ether oxygens (including phenoxy) is 1. The van der Waals surface area contributed by atoms with Crippen molar-refractivity contribution in [1.29, 1.82) is 0 Å². The number of halogens is 2. The lowest BCUT2D eigenvalue weighted by atomic mass is 9.77. The number of aryl methyl sites for hydroxylation is 1. The van der Waals surface area contributed by atoms with Crippen molar-refractivity contribution in [3.63, 3.8) is 0 Å². The van der Waals surface area contributed by atoms with Crippen molar-refractivity contribution < 1.29 is 18.3 Å². The van der Waals surface area contributed by atoms with Gasteiger partial charge in [-0.15, -0.1) is 0 Å². The van der Waals surface area contributed by atoms with Crippen molar-refractivity contribution in [2.24, 2.45) is 5.92 Å². The van der Waals surface area contributed by atoms with Gasteiger partial charge in [0, 0.05) is 0 Å². The van der Waals surface area contributed by atoms with Crippen molar-refractivity contribution >= 4 is 5.97 Å². The lowest BCUT2D eigenvalue weighted by molar-refractivity contribution is 0.0726. The van der Waals surface area contributed by atoms with Crippen LogP contribution in [0.4, 0.5) is 8.78 Å². The molecule has 0 aromatic heterocycles. The van der Waals surface area contributed by atoms with Gasteiger partial charge in [0.05, 0.1) is 5.56 Å². The number of hydrogen-bond donors (Lipinski definition) is 0. The van der Waals surface area contributed by atoms with Gasteiger partial charge in [-0.3, -0.25) is 0 Å². The second-order valence-electron chi connectivity index (χ2n) is 10.6. The highest BCUT2D eigenvalue weighted by Gasteiger charge is 2.23. The van der Waals surface area contributed by atoms with E-state index >= 15 is 0 Å². The third-order valence-corrected chi connectivity index (χ3v) is 7.81. The Balaban J connectivity index is 1.46. The molecule has 0 aliphatic heterocycles. The first-order valence-electron chi connectivity index (χ1n) is 14.3. The summed E-state index contributed by atoms with van der Waals surface area (Å²) in [5.74, 6) is -1.64. The van der Waals surface area contributed by atoms with Gasteiger partial charge in [0.15, 0.2) is 11.6 Å². The molecule has 2 nitrogen and oxygen atoms in total. The molecule has 0 saturated heterocycles. The number of hydrogen-bond acceptors (Lipinski definition) is 2. The topological polar surface area (TPSA) is 26.3 Å². The number of rotatable bonds is 14. The molecule has 0 atom stereocenters. The Labute approximate surface area is 216 Å². The van der Waals surface area contributed by atoms with Crippen LogP contribution in [-0.2, 0) is 6.42 Å². The summed E-state index contributed by atoms with van der Waals surface area (Å²) in [5, 5.41) is 0. The van der Waals surface area contributed by atoms with Crippen LogP contribution in [0.25, 0.3) is 0 Å². The van der Waals surface area contributed by atoms with Gasteiger partial charge >= 0.3 is 5.97 Å². The zero-order valence-corrected chi connectivity index (χ0v) is 22.3. The van der Waals surface area contributed by atoms with E-state index in [0.29, 0.717) is 23.5 Å². The summed E-state index contributed by atoms with van der Waals surface area (Å²) in [7, 11) is 0. The van der Waals surface area contributed by atoms with E-state index in [1.54, 1.807) is 12.1 Å². The van der Waals surface area contributed by atoms with Gasteiger partial charge in [-0.2, -0.15) is 4.39 Å². The van der Waals surface area contributed by atoms with Crippen LogP contribution in [0, 0.1) is 17.6 Å². The fourth-order valence-corrected chi connectivity index (χ4v) is 5.46. The lowest BCUT2D eigenvalue weighted by Crippen LogP contribution is -2.14. The fourth-order valence-electron chi connectivity index (χ4n) is 5.46. The van der Waals surface area contributed by atoms with E-state index in [9.17, 15) is 13.6 Å². The maximum atomic E-state index is 14.5. The van der Waals surface area contributed by atoms with Crippen LogP contribution in [0.1, 0.15) is 131 Å². The van der Waals surface area contributed by atoms with Crippen molar-refractivity contribution in [3.05, 3.63) is 64.7 Å². The Morgan fingerprint density at radius 3 is 2.11 bits per heavy atom. The van der Waals surface area contributed by atoms with Crippen molar-refractivity contribution in [3.8, 4) is 5.75 Å². The Hall–Kier alpha value is -2.23. The van der Waals surface area contributed by atoms with Gasteiger partial charge in [0.25, 0.3) is 0 Å². The monoisotopic (exact) mass is 498 g/mol. The average Bonchev–Trinajstić information content (AvgIpc) is 2.90. The smallest absolute Gasteiger partial charge is 0.343 e. The SMILES string of the molecule is CCCCCCCCC1CCC(c2ccc(C(=O)Oc3ccc(CCCCC)c(F)c3F)cc2)CC1. The van der Waals surface area contributed by atoms with E-state index in [1.807, 2.05) is 12.1 Å². The first-order valence-corrected chi connectivity index (χ1v) is 14.3. The summed E-state index contributed by atoms with van der Waals surface area (Å²) < 4.78 is 34.1. The predicted molar refractivity (Wildman–Crippen MR) is 144 cm³/mol. The first-order chi connectivity index (χ1) is 17.5. The highest BCUT2D eigenvalue weighted by atomic mass is 19.2. The highest BCUT2D eigenvalue weighted by molar-refractivity contribution is 5.91. The van der Waals surface area contributed by atoms with Gasteiger partial charge in [0.2, 0.25) is 5.82 Å². The maximum Gasteiger partial charge on any atom is 0.343 e. The molecule has 0 amide bonds. The van der Waals surface area contributed by atoms with E-state index < -0.39 is 17.6 Å². The molecule has 0 radical (unpaired) electrons. The molecule has 0 bridgehead atoms. The molecule has 2 aromatic rings. The summed E-state index contributed by atoms with van der Waals surface area (Å²) >= 11 is 0. The largest absolute Gasteiger partial charge is 0.420 e. The van der Waals surface area contributed by atoms with Crippen LogP contribution in [0.3, 0.4) is 0 Å². The number of carbonyl (C=O) groups excluding carboxylic acids is 1. The van der Waals surface area contributed by atoms with Crippen molar-refractivity contribution in [2.45, 2.75) is 116 Å². The van der Waals surface area contributed by atoms with Crippen LogP contribution in [0.5, 0.6) is 5.75 Å². The van der Waals surface area contributed by atoms with Crippen LogP contribution in [0.15, 0.2) is 36.4 Å². The van der Waals surface area contributed by atoms with E-state index in [2.05, 4.69) is 13.8 Å². The molecule has 0 unspecified atom stereocenters. The highest BCUT2D eigenvalue weighted by Crippen LogP contribution is 2.38. The minimum Gasteiger partial charge on any atom is -0.420 e. The van der Waals surface area contributed by atoms with Crippen LogP contribution in [-0.4, -0.2) is 5.97 Å². The van der Waals surface area contributed by atoms with E-state index in [1.165, 1.54) is 88.3 Å². The molecule has 1 aliphatic carbocycles. The van der Waals surface area contributed by atoms with Crippen LogP contribution in [0.2, 0.25) is 0 Å². The molecule has 1 aliphatic rings. The maximum absolute atomic E-state index is 14.5. The number of esters is 1. The van der Waals surface area contributed by atoms with Crippen molar-refractivity contribution in [1.82, 2.24) is 0 Å².